The zero-order chi connectivity index (χ0) is 21.7. The molecule has 8 nitrogen and oxygen atoms in total. The number of carbonyl (C=O) groups excluding carboxylic acids is 2. The number of hydrazone groups is 1. The fourth-order valence-electron chi connectivity index (χ4n) is 3.29. The number of hydrogen-bond acceptors (Lipinski definition) is 6. The summed E-state index contributed by atoms with van der Waals surface area (Å²) in [6, 6.07) is 12.7. The first-order chi connectivity index (χ1) is 14.3. The highest BCUT2D eigenvalue weighted by Crippen LogP contribution is 2.24. The maximum Gasteiger partial charge on any atom is 0.244 e. The number of carboxylic acids is 1. The van der Waals surface area contributed by atoms with E-state index in [-0.39, 0.29) is 17.0 Å². The Bertz CT molecular complexity index is 1060. The second-order valence-electron chi connectivity index (χ2n) is 7.12. The van der Waals surface area contributed by atoms with E-state index in [2.05, 4.69) is 10.5 Å². The van der Waals surface area contributed by atoms with Gasteiger partial charge in [0.25, 0.3) is 0 Å². The summed E-state index contributed by atoms with van der Waals surface area (Å²) in [4.78, 5) is 23.8. The quantitative estimate of drug-likeness (QED) is 0.542. The number of rotatable bonds is 6. The van der Waals surface area contributed by atoms with Crippen LogP contribution in [-0.2, 0) is 14.8 Å². The first-order valence-corrected chi connectivity index (χ1v) is 10.9. The number of nitrogens with one attached hydrogen (secondary N) is 1. The summed E-state index contributed by atoms with van der Waals surface area (Å²) in [5.74, 6) is -2.30. The van der Waals surface area contributed by atoms with Gasteiger partial charge in [0.15, 0.2) is 0 Å². The summed E-state index contributed by atoms with van der Waals surface area (Å²) >= 11 is 0. The van der Waals surface area contributed by atoms with Crippen molar-refractivity contribution < 1.29 is 23.1 Å². The zero-order valence-electron chi connectivity index (χ0n) is 16.4. The van der Waals surface area contributed by atoms with Gasteiger partial charge in [0.2, 0.25) is 15.9 Å². The van der Waals surface area contributed by atoms with Crippen molar-refractivity contribution in [3.05, 3.63) is 65.2 Å². The van der Waals surface area contributed by atoms with E-state index in [0.29, 0.717) is 24.9 Å². The average Bonchev–Trinajstić information content (AvgIpc) is 2.74. The first-order valence-electron chi connectivity index (χ1n) is 9.49. The number of aryl methyl sites for hydroxylation is 1. The van der Waals surface area contributed by atoms with Crippen LogP contribution in [0, 0.1) is 12.8 Å². The number of nitrogens with zero attached hydrogens (tertiary/aromatic N) is 2. The molecule has 0 bridgehead atoms. The van der Waals surface area contributed by atoms with E-state index in [0.717, 1.165) is 5.56 Å². The molecule has 1 N–H and O–H groups in total. The van der Waals surface area contributed by atoms with Crippen molar-refractivity contribution in [2.45, 2.75) is 24.7 Å². The minimum atomic E-state index is -3.68. The molecule has 0 radical (unpaired) electrons. The van der Waals surface area contributed by atoms with E-state index in [9.17, 15) is 23.1 Å². The van der Waals surface area contributed by atoms with Crippen LogP contribution in [-0.4, -0.2) is 43.9 Å². The van der Waals surface area contributed by atoms with Crippen molar-refractivity contribution in [2.75, 3.05) is 13.1 Å². The van der Waals surface area contributed by atoms with Crippen LogP contribution in [0.25, 0.3) is 0 Å². The molecule has 2 aromatic rings. The van der Waals surface area contributed by atoms with E-state index in [4.69, 9.17) is 0 Å². The molecule has 30 heavy (non-hydrogen) atoms. The highest BCUT2D eigenvalue weighted by Gasteiger charge is 2.33. The molecule has 0 unspecified atom stereocenters. The first kappa shape index (κ1) is 21.7. The largest absolute Gasteiger partial charge is 0.545 e. The molecule has 1 atom stereocenters. The standard InChI is InChI=1S/C21H23N3O5S/c1-15-8-10-18(11-9-15)30(28,29)24-12-4-6-17(14-24)20(25)23-22-13-16-5-2-3-7-19(16)21(26)27/h2-3,5,7-11,13,17H,4,6,12,14H2,1H3,(H,23,25)(H,26,27)/p-1/b22-13-/t17-/m1/s1. The van der Waals surface area contributed by atoms with E-state index in [1.165, 1.54) is 22.7 Å². The highest BCUT2D eigenvalue weighted by molar-refractivity contribution is 7.89. The summed E-state index contributed by atoms with van der Waals surface area (Å²) in [7, 11) is -3.68. The monoisotopic (exact) mass is 428 g/mol. The minimum absolute atomic E-state index is 0.0384. The van der Waals surface area contributed by atoms with Gasteiger partial charge in [-0.3, -0.25) is 4.79 Å². The van der Waals surface area contributed by atoms with Gasteiger partial charge in [-0.1, -0.05) is 42.0 Å². The molecule has 0 aromatic heterocycles. The predicted molar refractivity (Wildman–Crippen MR) is 109 cm³/mol. The number of benzene rings is 2. The molecule has 1 fully saturated rings. The smallest absolute Gasteiger partial charge is 0.244 e. The Morgan fingerprint density at radius 2 is 1.87 bits per heavy atom. The predicted octanol–water partition coefficient (Wildman–Crippen LogP) is 0.910. The van der Waals surface area contributed by atoms with Gasteiger partial charge in [-0.05, 0) is 31.9 Å². The van der Waals surface area contributed by atoms with Crippen LogP contribution in [0.15, 0.2) is 58.5 Å². The van der Waals surface area contributed by atoms with Crippen LogP contribution < -0.4 is 10.5 Å². The summed E-state index contributed by atoms with van der Waals surface area (Å²) in [6.07, 6.45) is 2.32. The lowest BCUT2D eigenvalue weighted by Gasteiger charge is -2.30. The van der Waals surface area contributed by atoms with E-state index in [1.807, 2.05) is 6.92 Å². The molecule has 3 rings (SSSR count). The molecule has 1 aliphatic heterocycles. The van der Waals surface area contributed by atoms with Crippen molar-refractivity contribution in [3.8, 4) is 0 Å². The number of amides is 1. The fourth-order valence-corrected chi connectivity index (χ4v) is 4.81. The Morgan fingerprint density at radius 3 is 2.57 bits per heavy atom. The lowest BCUT2D eigenvalue weighted by atomic mass is 9.99. The molecule has 2 aromatic carbocycles. The number of sulfonamides is 1. The molecule has 1 saturated heterocycles. The number of piperidine rings is 1. The Balaban J connectivity index is 1.66. The number of hydrogen-bond donors (Lipinski definition) is 1. The molecule has 1 amide bonds. The van der Waals surface area contributed by atoms with Gasteiger partial charge in [-0.25, -0.2) is 13.8 Å². The van der Waals surface area contributed by atoms with Crippen molar-refractivity contribution in [1.29, 1.82) is 0 Å². The molecule has 9 heteroatoms. The lowest BCUT2D eigenvalue weighted by molar-refractivity contribution is -0.255. The SMILES string of the molecule is Cc1ccc(S(=O)(=O)N2CCC[C@@H](C(=O)N/N=C\c3ccccc3C(=O)[O-])C2)cc1. The van der Waals surface area contributed by atoms with Crippen LogP contribution in [0.4, 0.5) is 0 Å². The Morgan fingerprint density at radius 1 is 1.17 bits per heavy atom. The molecule has 1 aliphatic rings. The molecular weight excluding hydrogens is 406 g/mol. The van der Waals surface area contributed by atoms with Crippen LogP contribution in [0.3, 0.4) is 0 Å². The average molecular weight is 428 g/mol. The molecule has 0 spiro atoms. The third-order valence-electron chi connectivity index (χ3n) is 4.97. The molecular formula is C21H22N3O5S-. The molecule has 1 heterocycles. The van der Waals surface area contributed by atoms with Crippen molar-refractivity contribution in [3.63, 3.8) is 0 Å². The summed E-state index contributed by atoms with van der Waals surface area (Å²) in [5.41, 5.74) is 3.60. The van der Waals surface area contributed by atoms with Gasteiger partial charge >= 0.3 is 0 Å². The molecule has 0 saturated carbocycles. The van der Waals surface area contributed by atoms with E-state index >= 15 is 0 Å². The fraction of sp³-hybridized carbons (Fsp3) is 0.286. The maximum atomic E-state index is 12.9. The normalized spacial score (nSPS) is 17.7. The van der Waals surface area contributed by atoms with Crippen LogP contribution in [0.5, 0.6) is 0 Å². The number of carboxylic acid groups (broad SMARTS) is 1. The summed E-state index contributed by atoms with van der Waals surface area (Å²) in [6.45, 7) is 2.29. The van der Waals surface area contributed by atoms with Gasteiger partial charge < -0.3 is 9.90 Å². The van der Waals surface area contributed by atoms with Gasteiger partial charge in [-0.2, -0.15) is 9.41 Å². The Labute approximate surface area is 175 Å². The second-order valence-corrected chi connectivity index (χ2v) is 9.06. The minimum Gasteiger partial charge on any atom is -0.545 e. The summed E-state index contributed by atoms with van der Waals surface area (Å²) in [5, 5.41) is 14.9. The van der Waals surface area contributed by atoms with Crippen LogP contribution >= 0.6 is 0 Å². The number of aromatic carboxylic acids is 1. The lowest BCUT2D eigenvalue weighted by Crippen LogP contribution is -2.44. The van der Waals surface area contributed by atoms with Crippen molar-refractivity contribution in [2.24, 2.45) is 11.0 Å². The van der Waals surface area contributed by atoms with Gasteiger partial charge in [0.05, 0.1) is 23.0 Å². The third kappa shape index (κ3) is 4.92. The van der Waals surface area contributed by atoms with E-state index in [1.54, 1.807) is 36.4 Å². The van der Waals surface area contributed by atoms with Crippen LogP contribution in [0.1, 0.15) is 34.3 Å². The Kier molecular flexibility index (Phi) is 6.63. The van der Waals surface area contributed by atoms with Gasteiger partial charge in [0, 0.05) is 24.2 Å². The van der Waals surface area contributed by atoms with E-state index < -0.39 is 27.8 Å². The van der Waals surface area contributed by atoms with Crippen LogP contribution in [0.2, 0.25) is 0 Å². The summed E-state index contributed by atoms with van der Waals surface area (Å²) < 4.78 is 27.1. The Hall–Kier alpha value is -3.04. The topological polar surface area (TPSA) is 119 Å². The highest BCUT2D eigenvalue weighted by atomic mass is 32.2. The third-order valence-corrected chi connectivity index (χ3v) is 6.85. The molecule has 0 aliphatic carbocycles. The number of carbonyl (C=O) groups is 2. The molecule has 158 valence electrons. The maximum absolute atomic E-state index is 12.9. The van der Waals surface area contributed by atoms with Crippen molar-refractivity contribution in [1.82, 2.24) is 9.73 Å². The second kappa shape index (κ2) is 9.19. The van der Waals surface area contributed by atoms with Crippen molar-refractivity contribution >= 4 is 28.1 Å². The zero-order valence-corrected chi connectivity index (χ0v) is 17.3. The van der Waals surface area contributed by atoms with Gasteiger partial charge in [-0.15, -0.1) is 0 Å². The van der Waals surface area contributed by atoms with Gasteiger partial charge in [0.1, 0.15) is 0 Å².